The van der Waals surface area contributed by atoms with Crippen molar-refractivity contribution in [2.24, 2.45) is 5.92 Å². The highest BCUT2D eigenvalue weighted by atomic mass is 35.5. The van der Waals surface area contributed by atoms with Crippen LogP contribution in [0.15, 0.2) is 18.2 Å². The van der Waals surface area contributed by atoms with Crippen molar-refractivity contribution in [2.75, 3.05) is 32.0 Å². The van der Waals surface area contributed by atoms with Crippen LogP contribution < -0.4 is 4.74 Å². The number of halogens is 1. The molecule has 0 amide bonds. The molecule has 0 N–H and O–H groups in total. The van der Waals surface area contributed by atoms with Gasteiger partial charge in [0.25, 0.3) is 0 Å². The number of sulfonamides is 1. The van der Waals surface area contributed by atoms with Gasteiger partial charge in [-0.1, -0.05) is 6.07 Å². The summed E-state index contributed by atoms with van der Waals surface area (Å²) >= 11 is 5.76. The number of rotatable bonds is 3. The summed E-state index contributed by atoms with van der Waals surface area (Å²) in [5.74, 6) is 1.31. The molecule has 4 rings (SSSR count). The Balaban J connectivity index is 1.65. The van der Waals surface area contributed by atoms with Gasteiger partial charge in [0, 0.05) is 31.7 Å². The van der Waals surface area contributed by atoms with Crippen LogP contribution in [0, 0.1) is 5.92 Å². The Hall–Kier alpha value is -0.820. The van der Waals surface area contributed by atoms with E-state index in [0.29, 0.717) is 18.5 Å². The highest BCUT2D eigenvalue weighted by molar-refractivity contribution is 7.90. The first-order chi connectivity index (χ1) is 12.0. The Morgan fingerprint density at radius 2 is 2.16 bits per heavy atom. The molecule has 1 aromatic rings. The Kier molecular flexibility index (Phi) is 4.73. The van der Waals surface area contributed by atoms with Crippen molar-refractivity contribution < 1.29 is 13.2 Å². The second-order valence-electron chi connectivity index (χ2n) is 7.36. The lowest BCUT2D eigenvalue weighted by molar-refractivity contribution is 0.0221. The first-order valence-corrected chi connectivity index (χ1v) is 11.1. The lowest BCUT2D eigenvalue weighted by atomic mass is 9.77. The minimum absolute atomic E-state index is 0.0757. The van der Waals surface area contributed by atoms with Crippen LogP contribution in [-0.2, 0) is 16.4 Å². The predicted molar refractivity (Wildman–Crippen MR) is 98.5 cm³/mol. The fourth-order valence-electron chi connectivity index (χ4n) is 4.93. The topological polar surface area (TPSA) is 49.9 Å². The summed E-state index contributed by atoms with van der Waals surface area (Å²) in [6, 6.07) is 6.68. The monoisotopic (exact) mass is 384 g/mol. The summed E-state index contributed by atoms with van der Waals surface area (Å²) in [7, 11) is -1.66. The van der Waals surface area contributed by atoms with E-state index in [4.69, 9.17) is 16.3 Å². The van der Waals surface area contributed by atoms with E-state index in [9.17, 15) is 8.42 Å². The van der Waals surface area contributed by atoms with E-state index in [1.807, 2.05) is 6.07 Å². The van der Waals surface area contributed by atoms with Crippen molar-refractivity contribution in [3.63, 3.8) is 0 Å². The number of piperidine rings is 2. The van der Waals surface area contributed by atoms with E-state index in [-0.39, 0.29) is 11.3 Å². The highest BCUT2D eigenvalue weighted by Crippen LogP contribution is 2.44. The molecule has 1 aromatic carbocycles. The van der Waals surface area contributed by atoms with Crippen molar-refractivity contribution in [1.82, 2.24) is 9.21 Å². The molecule has 3 aliphatic rings. The van der Waals surface area contributed by atoms with Gasteiger partial charge in [0.2, 0.25) is 10.0 Å². The number of benzene rings is 1. The molecule has 0 spiro atoms. The van der Waals surface area contributed by atoms with Crippen LogP contribution in [0.3, 0.4) is 0 Å². The zero-order valence-corrected chi connectivity index (χ0v) is 16.1. The molecule has 7 heteroatoms. The summed E-state index contributed by atoms with van der Waals surface area (Å²) in [5, 5.41) is -0.321. The number of fused-ring (bicyclic) bond motifs is 4. The number of methoxy groups -OCH3 is 1. The second kappa shape index (κ2) is 6.72. The maximum Gasteiger partial charge on any atom is 0.228 e. The van der Waals surface area contributed by atoms with Gasteiger partial charge in [0.05, 0.1) is 7.11 Å². The summed E-state index contributed by atoms with van der Waals surface area (Å²) in [4.78, 5) is 2.55. The van der Waals surface area contributed by atoms with Crippen LogP contribution in [0.1, 0.15) is 36.4 Å². The Labute approximate surface area is 154 Å². The van der Waals surface area contributed by atoms with Crippen molar-refractivity contribution in [1.29, 1.82) is 0 Å². The van der Waals surface area contributed by atoms with E-state index in [1.165, 1.54) is 11.1 Å². The van der Waals surface area contributed by atoms with E-state index in [0.717, 1.165) is 44.5 Å². The van der Waals surface area contributed by atoms with Gasteiger partial charge in [0.1, 0.15) is 11.0 Å². The first kappa shape index (κ1) is 17.6. The molecule has 0 radical (unpaired) electrons. The molecule has 0 aromatic heterocycles. The summed E-state index contributed by atoms with van der Waals surface area (Å²) in [5.41, 5.74) is 2.67. The summed E-state index contributed by atoms with van der Waals surface area (Å²) in [6.07, 6.45) is 3.94. The molecular weight excluding hydrogens is 360 g/mol. The van der Waals surface area contributed by atoms with E-state index >= 15 is 0 Å². The normalized spacial score (nSPS) is 30.2. The van der Waals surface area contributed by atoms with Crippen LogP contribution in [0.2, 0.25) is 0 Å². The molecule has 138 valence electrons. The number of hydrogen-bond donors (Lipinski definition) is 0. The molecule has 2 saturated heterocycles. The van der Waals surface area contributed by atoms with Crippen LogP contribution in [0.5, 0.6) is 5.75 Å². The Morgan fingerprint density at radius 1 is 1.32 bits per heavy atom. The SMILES string of the molecule is COc1ccc2c(c1)CCN1C[C@H]3CCCN(S(=O)(=O)CCl)[C@@H]3C[C@@H]21. The number of alkyl halides is 1. The maximum atomic E-state index is 12.5. The average molecular weight is 385 g/mol. The van der Waals surface area contributed by atoms with Crippen molar-refractivity contribution in [3.05, 3.63) is 29.3 Å². The van der Waals surface area contributed by atoms with Gasteiger partial charge in [-0.15, -0.1) is 11.6 Å². The smallest absolute Gasteiger partial charge is 0.228 e. The fourth-order valence-corrected chi connectivity index (χ4v) is 6.50. The molecule has 0 bridgehead atoms. The van der Waals surface area contributed by atoms with Gasteiger partial charge < -0.3 is 4.74 Å². The predicted octanol–water partition coefficient (Wildman–Crippen LogP) is 2.60. The third kappa shape index (κ3) is 3.07. The molecule has 3 aliphatic heterocycles. The quantitative estimate of drug-likeness (QED) is 0.751. The van der Waals surface area contributed by atoms with Crippen molar-refractivity contribution in [2.45, 2.75) is 37.8 Å². The van der Waals surface area contributed by atoms with Crippen molar-refractivity contribution >= 4 is 21.6 Å². The van der Waals surface area contributed by atoms with Crippen LogP contribution in [-0.4, -0.2) is 55.6 Å². The molecule has 2 fully saturated rings. The number of nitrogens with zero attached hydrogens (tertiary/aromatic N) is 2. The average Bonchev–Trinajstić information content (AvgIpc) is 2.65. The van der Waals surface area contributed by atoms with Crippen molar-refractivity contribution in [3.8, 4) is 5.75 Å². The molecule has 3 heterocycles. The lowest BCUT2D eigenvalue weighted by Crippen LogP contribution is -2.57. The zero-order chi connectivity index (χ0) is 17.6. The minimum Gasteiger partial charge on any atom is -0.497 e. The van der Waals surface area contributed by atoms with Gasteiger partial charge in [-0.2, -0.15) is 4.31 Å². The maximum absolute atomic E-state index is 12.5. The molecule has 25 heavy (non-hydrogen) atoms. The number of ether oxygens (including phenoxy) is 1. The first-order valence-electron chi connectivity index (χ1n) is 9.00. The zero-order valence-electron chi connectivity index (χ0n) is 14.5. The largest absolute Gasteiger partial charge is 0.497 e. The molecule has 3 atom stereocenters. The molecule has 5 nitrogen and oxygen atoms in total. The Bertz CT molecular complexity index is 755. The molecular formula is C18H25ClN2O3S. The standard InChI is InChI=1S/C18H25ClN2O3S/c1-24-15-4-5-16-13(9-15)6-8-20-11-14-3-2-7-21(25(22,23)12-19)17(14)10-18(16)20/h4-5,9,14,17-18H,2-3,6-8,10-12H2,1H3/t14-,17-,18+/m1/s1. The number of hydrogen-bond acceptors (Lipinski definition) is 4. The van der Waals surface area contributed by atoms with Gasteiger partial charge in [-0.05, 0) is 54.9 Å². The van der Waals surface area contributed by atoms with Gasteiger partial charge in [-0.25, -0.2) is 8.42 Å². The van der Waals surface area contributed by atoms with E-state index < -0.39 is 10.0 Å². The molecule has 0 unspecified atom stereocenters. The van der Waals surface area contributed by atoms with Crippen LogP contribution in [0.4, 0.5) is 0 Å². The molecule has 0 aliphatic carbocycles. The Morgan fingerprint density at radius 3 is 2.92 bits per heavy atom. The van der Waals surface area contributed by atoms with Gasteiger partial charge in [-0.3, -0.25) is 4.90 Å². The van der Waals surface area contributed by atoms with E-state index in [1.54, 1.807) is 11.4 Å². The minimum atomic E-state index is -3.36. The third-order valence-electron chi connectivity index (χ3n) is 6.11. The van der Waals surface area contributed by atoms with E-state index in [2.05, 4.69) is 17.0 Å². The lowest BCUT2D eigenvalue weighted by Gasteiger charge is -2.51. The molecule has 0 saturated carbocycles. The summed E-state index contributed by atoms with van der Waals surface area (Å²) < 4.78 is 32.0. The van der Waals surface area contributed by atoms with Gasteiger partial charge in [0.15, 0.2) is 0 Å². The van der Waals surface area contributed by atoms with Gasteiger partial charge >= 0.3 is 0 Å². The third-order valence-corrected chi connectivity index (χ3v) is 8.39. The fraction of sp³-hybridized carbons (Fsp3) is 0.667. The highest BCUT2D eigenvalue weighted by Gasteiger charge is 2.45. The second-order valence-corrected chi connectivity index (χ2v) is 9.87. The van der Waals surface area contributed by atoms with Crippen LogP contribution in [0.25, 0.3) is 0 Å². The van der Waals surface area contributed by atoms with Crippen LogP contribution >= 0.6 is 11.6 Å². The summed E-state index contributed by atoms with van der Waals surface area (Å²) in [6.45, 7) is 2.63.